The van der Waals surface area contributed by atoms with Crippen molar-refractivity contribution in [3.63, 3.8) is 0 Å². The third kappa shape index (κ3) is 1.90. The van der Waals surface area contributed by atoms with Gasteiger partial charge in [-0.2, -0.15) is 0 Å². The third-order valence-corrected chi connectivity index (χ3v) is 1.90. The molecule has 0 bridgehead atoms. The van der Waals surface area contributed by atoms with Gasteiger partial charge >= 0.3 is 7.12 Å². The molecule has 0 atom stereocenters. The first kappa shape index (κ1) is 10.6. The minimum Gasteiger partial charge on any atom is -0.496 e. The van der Waals surface area contributed by atoms with E-state index in [4.69, 9.17) is 21.2 Å². The van der Waals surface area contributed by atoms with Gasteiger partial charge in [0.2, 0.25) is 0 Å². The Balaban J connectivity index is 3.41. The number of hydrogen-bond donors (Lipinski definition) is 2. The van der Waals surface area contributed by atoms with E-state index < -0.39 is 7.12 Å². The maximum absolute atomic E-state index is 9.09. The second-order valence-corrected chi connectivity index (χ2v) is 2.95. The molecule has 14 heavy (non-hydrogen) atoms. The van der Waals surface area contributed by atoms with Crippen molar-refractivity contribution in [3.8, 4) is 18.1 Å². The molecule has 72 valence electrons. The van der Waals surface area contributed by atoms with Gasteiger partial charge in [-0.3, -0.25) is 0 Å². The van der Waals surface area contributed by atoms with Gasteiger partial charge in [0.15, 0.2) is 0 Å². The minimum atomic E-state index is -1.57. The molecule has 0 spiro atoms. The maximum atomic E-state index is 9.09. The SMILES string of the molecule is C#Cc1cc(C)cc(B(O)O)c1OC. The summed E-state index contributed by atoms with van der Waals surface area (Å²) in [6.07, 6.45) is 5.27. The normalized spacial score (nSPS) is 9.36. The molecule has 0 aliphatic carbocycles. The highest BCUT2D eigenvalue weighted by Crippen LogP contribution is 2.16. The molecule has 0 aromatic heterocycles. The van der Waals surface area contributed by atoms with Crippen LogP contribution < -0.4 is 10.2 Å². The highest BCUT2D eigenvalue weighted by Gasteiger charge is 2.19. The molecule has 0 saturated heterocycles. The Morgan fingerprint density at radius 3 is 2.50 bits per heavy atom. The molecule has 0 unspecified atom stereocenters. The van der Waals surface area contributed by atoms with Crippen molar-refractivity contribution in [2.24, 2.45) is 0 Å². The van der Waals surface area contributed by atoms with Gasteiger partial charge in [0.1, 0.15) is 5.75 Å². The van der Waals surface area contributed by atoms with Crippen LogP contribution in [0.2, 0.25) is 0 Å². The number of benzene rings is 1. The quantitative estimate of drug-likeness (QED) is 0.495. The lowest BCUT2D eigenvalue weighted by Gasteiger charge is -2.11. The predicted octanol–water partition coefficient (Wildman–Crippen LogP) is -0.335. The molecule has 0 heterocycles. The van der Waals surface area contributed by atoms with Crippen molar-refractivity contribution < 1.29 is 14.8 Å². The molecule has 0 saturated carbocycles. The van der Waals surface area contributed by atoms with Gasteiger partial charge < -0.3 is 14.8 Å². The fourth-order valence-electron chi connectivity index (χ4n) is 1.33. The van der Waals surface area contributed by atoms with Gasteiger partial charge in [-0.05, 0) is 18.6 Å². The van der Waals surface area contributed by atoms with Gasteiger partial charge in [-0.25, -0.2) is 0 Å². The Morgan fingerprint density at radius 2 is 2.07 bits per heavy atom. The Bertz CT molecular complexity index is 380. The summed E-state index contributed by atoms with van der Waals surface area (Å²) in [5, 5.41) is 18.2. The molecular weight excluding hydrogens is 179 g/mol. The molecule has 1 aromatic carbocycles. The van der Waals surface area contributed by atoms with E-state index in [1.165, 1.54) is 7.11 Å². The van der Waals surface area contributed by atoms with Crippen LogP contribution in [0.5, 0.6) is 5.75 Å². The second-order valence-electron chi connectivity index (χ2n) is 2.95. The van der Waals surface area contributed by atoms with E-state index in [9.17, 15) is 0 Å². The summed E-state index contributed by atoms with van der Waals surface area (Å²) in [6, 6.07) is 3.38. The molecule has 0 radical (unpaired) electrons. The molecule has 1 rings (SSSR count). The van der Waals surface area contributed by atoms with Crippen LogP contribution in [0.3, 0.4) is 0 Å². The van der Waals surface area contributed by atoms with E-state index in [2.05, 4.69) is 5.92 Å². The minimum absolute atomic E-state index is 0.292. The van der Waals surface area contributed by atoms with Gasteiger partial charge in [0.25, 0.3) is 0 Å². The van der Waals surface area contributed by atoms with Gasteiger partial charge in [0, 0.05) is 5.46 Å². The summed E-state index contributed by atoms with van der Waals surface area (Å²) in [5.74, 6) is 2.78. The number of ether oxygens (including phenoxy) is 1. The summed E-state index contributed by atoms with van der Waals surface area (Å²) in [5.41, 5.74) is 1.68. The topological polar surface area (TPSA) is 49.7 Å². The van der Waals surface area contributed by atoms with E-state index >= 15 is 0 Å². The summed E-state index contributed by atoms with van der Waals surface area (Å²) in [7, 11) is -0.130. The molecule has 3 nitrogen and oxygen atoms in total. The first-order valence-corrected chi connectivity index (χ1v) is 4.11. The monoisotopic (exact) mass is 190 g/mol. The van der Waals surface area contributed by atoms with Crippen molar-refractivity contribution in [2.75, 3.05) is 7.11 Å². The summed E-state index contributed by atoms with van der Waals surface area (Å²) in [4.78, 5) is 0. The number of methoxy groups -OCH3 is 1. The number of rotatable bonds is 2. The van der Waals surface area contributed by atoms with Crippen LogP contribution in [0.4, 0.5) is 0 Å². The van der Waals surface area contributed by atoms with Crippen molar-refractivity contribution in [2.45, 2.75) is 6.92 Å². The van der Waals surface area contributed by atoms with E-state index in [1.54, 1.807) is 12.1 Å². The largest absolute Gasteiger partial charge is 0.496 e. The van der Waals surface area contributed by atoms with Crippen LogP contribution in [0, 0.1) is 19.3 Å². The van der Waals surface area contributed by atoms with Crippen LogP contribution in [0.1, 0.15) is 11.1 Å². The molecule has 2 N–H and O–H groups in total. The lowest BCUT2D eigenvalue weighted by atomic mass is 9.77. The van der Waals surface area contributed by atoms with Crippen molar-refractivity contribution in [3.05, 3.63) is 23.3 Å². The van der Waals surface area contributed by atoms with E-state index in [-0.39, 0.29) is 0 Å². The van der Waals surface area contributed by atoms with Crippen molar-refractivity contribution in [1.29, 1.82) is 0 Å². The second kappa shape index (κ2) is 4.18. The fraction of sp³-hybridized carbons (Fsp3) is 0.200. The van der Waals surface area contributed by atoms with E-state index in [0.717, 1.165) is 5.56 Å². The molecule has 1 aromatic rings. The summed E-state index contributed by atoms with van der Waals surface area (Å²) < 4.78 is 5.02. The lowest BCUT2D eigenvalue weighted by Crippen LogP contribution is -2.32. The van der Waals surface area contributed by atoms with Crippen molar-refractivity contribution >= 4 is 12.6 Å². The molecule has 4 heteroatoms. The van der Waals surface area contributed by atoms with Crippen LogP contribution in [0.15, 0.2) is 12.1 Å². The lowest BCUT2D eigenvalue weighted by molar-refractivity contribution is 0.402. The molecule has 0 aliphatic heterocycles. The zero-order valence-corrected chi connectivity index (χ0v) is 8.11. The third-order valence-electron chi connectivity index (χ3n) is 1.90. The smallest absolute Gasteiger partial charge is 0.492 e. The first-order chi connectivity index (χ1) is 6.60. The molecule has 0 amide bonds. The first-order valence-electron chi connectivity index (χ1n) is 4.11. The Hall–Kier alpha value is -1.44. The van der Waals surface area contributed by atoms with Gasteiger partial charge in [-0.1, -0.05) is 12.0 Å². The van der Waals surface area contributed by atoms with Gasteiger partial charge in [0.05, 0.1) is 12.7 Å². The zero-order valence-electron chi connectivity index (χ0n) is 8.11. The maximum Gasteiger partial charge on any atom is 0.492 e. The van der Waals surface area contributed by atoms with Crippen LogP contribution in [0.25, 0.3) is 0 Å². The van der Waals surface area contributed by atoms with Gasteiger partial charge in [-0.15, -0.1) is 6.42 Å². The number of aryl methyl sites for hydroxylation is 1. The van der Waals surface area contributed by atoms with Crippen molar-refractivity contribution in [1.82, 2.24) is 0 Å². The highest BCUT2D eigenvalue weighted by molar-refractivity contribution is 6.59. The van der Waals surface area contributed by atoms with E-state index in [1.807, 2.05) is 6.92 Å². The Morgan fingerprint density at radius 1 is 1.43 bits per heavy atom. The average Bonchev–Trinajstić information content (AvgIpc) is 2.16. The fourth-order valence-corrected chi connectivity index (χ4v) is 1.33. The van der Waals surface area contributed by atoms with Crippen LogP contribution in [-0.4, -0.2) is 24.3 Å². The zero-order chi connectivity index (χ0) is 10.7. The Kier molecular flexibility index (Phi) is 3.18. The summed E-state index contributed by atoms with van der Waals surface area (Å²) >= 11 is 0. The number of terminal acetylenes is 1. The Labute approximate surface area is 83.5 Å². The van der Waals surface area contributed by atoms with Crippen LogP contribution in [-0.2, 0) is 0 Å². The number of hydrogen-bond acceptors (Lipinski definition) is 3. The molecular formula is C10H11BO3. The van der Waals surface area contributed by atoms with E-state index in [0.29, 0.717) is 16.8 Å². The standard InChI is InChI=1S/C10H11BO3/c1-4-8-5-7(2)6-9(11(12)13)10(8)14-3/h1,5-6,12-13H,2-3H3. The summed E-state index contributed by atoms with van der Waals surface area (Å²) in [6.45, 7) is 1.83. The predicted molar refractivity (Wildman–Crippen MR) is 55.5 cm³/mol. The average molecular weight is 190 g/mol. The van der Waals surface area contributed by atoms with Crippen LogP contribution >= 0.6 is 0 Å². The molecule has 0 fully saturated rings. The molecule has 0 aliphatic rings. The highest BCUT2D eigenvalue weighted by atomic mass is 16.5.